The molecule has 0 bridgehead atoms. The number of amides is 2. The topological polar surface area (TPSA) is 128 Å². The quantitative estimate of drug-likeness (QED) is 0.279. The first kappa shape index (κ1) is 28.5. The average Bonchev–Trinajstić information content (AvgIpc) is 3.29. The third-order valence-corrected chi connectivity index (χ3v) is 6.73. The molecular weight excluding hydrogens is 555 g/mol. The normalized spacial score (nSPS) is 15.1. The monoisotopic (exact) mass is 581 g/mol. The number of nitrogens with zero attached hydrogens (tertiary/aromatic N) is 3. The largest absolute Gasteiger partial charge is 0.573 e. The Morgan fingerprint density at radius 2 is 1.86 bits per heavy atom. The van der Waals surface area contributed by atoms with Gasteiger partial charge >= 0.3 is 12.3 Å². The highest BCUT2D eigenvalue weighted by atomic mass is 19.4. The summed E-state index contributed by atoms with van der Waals surface area (Å²) in [5, 5.41) is 12.4. The number of alkyl halides is 3. The number of para-hydroxylation sites is 2. The van der Waals surface area contributed by atoms with Gasteiger partial charge < -0.3 is 29.9 Å². The summed E-state index contributed by atoms with van der Waals surface area (Å²) in [7, 11) is 1.64. The molecule has 4 aromatic rings. The predicted molar refractivity (Wildman–Crippen MR) is 145 cm³/mol. The fraction of sp³-hybridized carbons (Fsp3) is 0.241. The number of carboxylic acids is 1. The lowest BCUT2D eigenvalue weighted by molar-refractivity contribution is -0.274. The first-order valence-electron chi connectivity index (χ1n) is 12.9. The fourth-order valence-corrected chi connectivity index (χ4v) is 4.81. The molecule has 2 amide bonds. The molecule has 3 aromatic carbocycles. The first-order valence-corrected chi connectivity index (χ1v) is 12.9. The van der Waals surface area contributed by atoms with Crippen molar-refractivity contribution in [3.63, 3.8) is 0 Å². The van der Waals surface area contributed by atoms with Gasteiger partial charge in [0.2, 0.25) is 5.91 Å². The molecule has 5 rings (SSSR count). The third kappa shape index (κ3) is 6.62. The summed E-state index contributed by atoms with van der Waals surface area (Å²) in [5.41, 5.74) is 3.58. The number of carbonyl (C=O) groups is 3. The molecule has 0 radical (unpaired) electrons. The number of halogens is 3. The maximum absolute atomic E-state index is 13.4. The van der Waals surface area contributed by atoms with Crippen molar-refractivity contribution in [2.75, 3.05) is 12.4 Å². The fourth-order valence-electron chi connectivity index (χ4n) is 4.81. The first-order chi connectivity index (χ1) is 19.9. The molecule has 0 saturated heterocycles. The number of aromatic amines is 1. The molecule has 1 aliphatic heterocycles. The number of hydrogen-bond donors (Lipinski definition) is 3. The number of carbonyl (C=O) groups excluding carboxylic acids is 2. The van der Waals surface area contributed by atoms with Gasteiger partial charge in [-0.15, -0.1) is 13.2 Å². The van der Waals surface area contributed by atoms with Crippen molar-refractivity contribution in [3.8, 4) is 5.75 Å². The number of aliphatic carboxylic acids is 1. The lowest BCUT2D eigenvalue weighted by atomic mass is 10.1. The number of ether oxygens (including phenoxy) is 1. The van der Waals surface area contributed by atoms with Gasteiger partial charge in [0.15, 0.2) is 0 Å². The van der Waals surface area contributed by atoms with Crippen LogP contribution >= 0.6 is 0 Å². The number of aromatic nitrogens is 2. The third-order valence-electron chi connectivity index (χ3n) is 6.73. The van der Waals surface area contributed by atoms with Crippen molar-refractivity contribution in [2.45, 2.75) is 38.5 Å². The van der Waals surface area contributed by atoms with Crippen LogP contribution in [0.2, 0.25) is 0 Å². The lowest BCUT2D eigenvalue weighted by Gasteiger charge is -2.24. The predicted octanol–water partition coefficient (Wildman–Crippen LogP) is 4.53. The van der Waals surface area contributed by atoms with Crippen LogP contribution in [0.1, 0.15) is 33.7 Å². The minimum absolute atomic E-state index is 0.00744. The molecule has 2 heterocycles. The number of nitrogens with one attached hydrogen (secondary N) is 2. The van der Waals surface area contributed by atoms with E-state index < -0.39 is 36.5 Å². The molecular formula is C29H26F3N5O5. The number of fused-ring (bicyclic) bond motifs is 2. The van der Waals surface area contributed by atoms with E-state index in [2.05, 4.69) is 20.0 Å². The van der Waals surface area contributed by atoms with Gasteiger partial charge in [-0.05, 0) is 53.6 Å². The summed E-state index contributed by atoms with van der Waals surface area (Å²) < 4.78 is 41.5. The van der Waals surface area contributed by atoms with E-state index in [4.69, 9.17) is 0 Å². The Kier molecular flexibility index (Phi) is 7.74. The van der Waals surface area contributed by atoms with E-state index in [9.17, 15) is 32.7 Å². The molecule has 3 N–H and O–H groups in total. The van der Waals surface area contributed by atoms with Crippen molar-refractivity contribution >= 4 is 34.5 Å². The molecule has 1 atom stereocenters. The Morgan fingerprint density at radius 1 is 1.12 bits per heavy atom. The Hall–Kier alpha value is -5.07. The zero-order chi connectivity index (χ0) is 30.0. The van der Waals surface area contributed by atoms with Crippen LogP contribution in [-0.4, -0.2) is 62.1 Å². The molecule has 42 heavy (non-hydrogen) atoms. The van der Waals surface area contributed by atoms with Gasteiger partial charge in [-0.25, -0.2) is 4.98 Å². The van der Waals surface area contributed by atoms with Gasteiger partial charge in [-0.1, -0.05) is 24.3 Å². The maximum Gasteiger partial charge on any atom is 0.573 e. The van der Waals surface area contributed by atoms with E-state index in [1.165, 1.54) is 21.9 Å². The summed E-state index contributed by atoms with van der Waals surface area (Å²) >= 11 is 0. The molecule has 1 aromatic heterocycles. The minimum atomic E-state index is -4.84. The number of imidazole rings is 1. The van der Waals surface area contributed by atoms with Crippen LogP contribution < -0.4 is 10.1 Å². The number of carboxylic acid groups (broad SMARTS) is 1. The van der Waals surface area contributed by atoms with Gasteiger partial charge in [0, 0.05) is 31.4 Å². The standard InChI is InChI=1S/C29H26F3N5O5/c1-36(16-25-34-22-4-2-3-5-23(22)35-25)27(40)18-8-11-21-19(12-18)15-37(28(41)24(33-21)13-26(38)39)14-17-6-9-20(10-7-17)42-29(30,31)32/h2-12,24,33H,13-16H2,1H3,(H,34,35)(H,38,39)/t24-/m0/s1. The molecule has 0 unspecified atom stereocenters. The van der Waals surface area contributed by atoms with Gasteiger partial charge in [0.25, 0.3) is 5.91 Å². The lowest BCUT2D eigenvalue weighted by Crippen LogP contribution is -2.41. The minimum Gasteiger partial charge on any atom is -0.481 e. The zero-order valence-electron chi connectivity index (χ0n) is 22.3. The number of rotatable bonds is 8. The Balaban J connectivity index is 1.37. The van der Waals surface area contributed by atoms with E-state index >= 15 is 0 Å². The van der Waals surface area contributed by atoms with Crippen LogP contribution in [0, 0.1) is 0 Å². The summed E-state index contributed by atoms with van der Waals surface area (Å²) in [6.45, 7) is 0.251. The Morgan fingerprint density at radius 3 is 2.55 bits per heavy atom. The maximum atomic E-state index is 13.4. The van der Waals surface area contributed by atoms with Crippen molar-refractivity contribution in [2.24, 2.45) is 0 Å². The number of benzene rings is 3. The summed E-state index contributed by atoms with van der Waals surface area (Å²) in [5.74, 6) is -1.76. The molecule has 1 aliphatic rings. The van der Waals surface area contributed by atoms with Crippen molar-refractivity contribution in [3.05, 3.63) is 89.2 Å². The van der Waals surface area contributed by atoms with Crippen LogP contribution in [0.4, 0.5) is 18.9 Å². The van der Waals surface area contributed by atoms with Crippen LogP contribution in [0.5, 0.6) is 5.75 Å². The number of hydrogen-bond acceptors (Lipinski definition) is 6. The van der Waals surface area contributed by atoms with Crippen LogP contribution in [0.3, 0.4) is 0 Å². The summed E-state index contributed by atoms with van der Waals surface area (Å²) in [6.07, 6.45) is -5.33. The molecule has 0 saturated carbocycles. The van der Waals surface area contributed by atoms with Crippen molar-refractivity contribution < 1.29 is 37.4 Å². The smallest absolute Gasteiger partial charge is 0.481 e. The van der Waals surface area contributed by atoms with E-state index in [1.54, 1.807) is 25.2 Å². The molecule has 0 aliphatic carbocycles. The van der Waals surface area contributed by atoms with Crippen LogP contribution in [0.15, 0.2) is 66.7 Å². The van der Waals surface area contributed by atoms with Crippen LogP contribution in [-0.2, 0) is 29.2 Å². The highest BCUT2D eigenvalue weighted by molar-refractivity contribution is 5.95. The SMILES string of the molecule is CN(Cc1nc2ccccc2[nH]1)C(=O)c1ccc2c(c1)CN(Cc1ccc(OC(F)(F)F)cc1)C(=O)[C@H](CC(=O)O)N2. The van der Waals surface area contributed by atoms with Gasteiger partial charge in [-0.2, -0.15) is 0 Å². The second kappa shape index (κ2) is 11.4. The highest BCUT2D eigenvalue weighted by Crippen LogP contribution is 2.28. The van der Waals surface area contributed by atoms with E-state index in [-0.39, 0.29) is 25.5 Å². The molecule has 218 valence electrons. The number of H-pyrrole nitrogens is 1. The molecule has 10 nitrogen and oxygen atoms in total. The van der Waals surface area contributed by atoms with Crippen LogP contribution in [0.25, 0.3) is 11.0 Å². The van der Waals surface area contributed by atoms with Gasteiger partial charge in [0.05, 0.1) is 24.0 Å². The van der Waals surface area contributed by atoms with E-state index in [0.29, 0.717) is 28.2 Å². The van der Waals surface area contributed by atoms with Gasteiger partial charge in [-0.3, -0.25) is 14.4 Å². The second-order valence-corrected chi connectivity index (χ2v) is 9.91. The average molecular weight is 582 g/mol. The molecule has 0 fully saturated rings. The summed E-state index contributed by atoms with van der Waals surface area (Å²) in [6, 6.07) is 16.4. The van der Waals surface area contributed by atoms with Gasteiger partial charge in [0.1, 0.15) is 17.6 Å². The molecule has 0 spiro atoms. The highest BCUT2D eigenvalue weighted by Gasteiger charge is 2.33. The van der Waals surface area contributed by atoms with Crippen molar-refractivity contribution in [1.29, 1.82) is 0 Å². The zero-order valence-corrected chi connectivity index (χ0v) is 22.3. The second-order valence-electron chi connectivity index (χ2n) is 9.91. The number of anilines is 1. The van der Waals surface area contributed by atoms with E-state index in [1.807, 2.05) is 24.3 Å². The Labute approximate surface area is 237 Å². The van der Waals surface area contributed by atoms with Crippen molar-refractivity contribution in [1.82, 2.24) is 19.8 Å². The van der Waals surface area contributed by atoms with E-state index in [0.717, 1.165) is 23.2 Å². The summed E-state index contributed by atoms with van der Waals surface area (Å²) in [4.78, 5) is 48.8. The molecule has 13 heteroatoms. The Bertz CT molecular complexity index is 1600.